The third-order valence-electron chi connectivity index (χ3n) is 6.87. The smallest absolute Gasteiger partial charge is 0.320 e. The Morgan fingerprint density at radius 3 is 1.67 bits per heavy atom. The predicted octanol–water partition coefficient (Wildman–Crippen LogP) is 3.97. The number of hydrogen-bond acceptors (Lipinski definition) is 11. The van der Waals surface area contributed by atoms with E-state index in [0.717, 1.165) is 19.3 Å². The van der Waals surface area contributed by atoms with Crippen LogP contribution in [0.1, 0.15) is 113 Å². The van der Waals surface area contributed by atoms with Crippen LogP contribution in [0.4, 0.5) is 0 Å². The van der Waals surface area contributed by atoms with Gasteiger partial charge in [-0.3, -0.25) is 33.7 Å². The van der Waals surface area contributed by atoms with Gasteiger partial charge in [0, 0.05) is 37.8 Å². The number of carbonyl (C=O) groups is 4. The highest BCUT2D eigenvalue weighted by Gasteiger charge is 2.38. The third-order valence-corrected chi connectivity index (χ3v) is 6.87. The fourth-order valence-electron chi connectivity index (χ4n) is 5.42. The van der Waals surface area contributed by atoms with Gasteiger partial charge in [0.2, 0.25) is 0 Å². The van der Waals surface area contributed by atoms with Gasteiger partial charge >= 0.3 is 23.9 Å². The summed E-state index contributed by atoms with van der Waals surface area (Å²) in [5.41, 5.74) is -1.41. The minimum Gasteiger partial charge on any atom is -0.481 e. The van der Waals surface area contributed by atoms with Crippen molar-refractivity contribution in [3.63, 3.8) is 0 Å². The van der Waals surface area contributed by atoms with Crippen molar-refractivity contribution < 1.29 is 38.5 Å². The molecular formula is C32H55N5O8. The molecule has 0 amide bonds. The van der Waals surface area contributed by atoms with Crippen LogP contribution >= 0.6 is 0 Å². The van der Waals surface area contributed by atoms with Crippen LogP contribution in [0.3, 0.4) is 0 Å². The summed E-state index contributed by atoms with van der Waals surface area (Å²) in [5.74, 6) is -2.11. The van der Waals surface area contributed by atoms with Gasteiger partial charge in [-0.1, -0.05) is 18.1 Å². The summed E-state index contributed by atoms with van der Waals surface area (Å²) >= 11 is 0. The van der Waals surface area contributed by atoms with Gasteiger partial charge in [0.1, 0.15) is 16.8 Å². The first kappa shape index (κ1) is 38.1. The Morgan fingerprint density at radius 1 is 0.778 bits per heavy atom. The molecule has 0 bridgehead atoms. The Labute approximate surface area is 267 Å². The maximum Gasteiger partial charge on any atom is 0.320 e. The van der Waals surface area contributed by atoms with E-state index in [9.17, 15) is 19.2 Å². The topological polar surface area (TPSA) is 153 Å². The first-order chi connectivity index (χ1) is 20.7. The molecule has 1 aliphatic carbocycles. The molecule has 0 aliphatic heterocycles. The van der Waals surface area contributed by atoms with Gasteiger partial charge in [-0.15, -0.1) is 5.10 Å². The van der Waals surface area contributed by atoms with Crippen molar-refractivity contribution in [2.75, 3.05) is 19.6 Å². The molecule has 256 valence electrons. The minimum absolute atomic E-state index is 0.0172. The van der Waals surface area contributed by atoms with E-state index >= 15 is 0 Å². The van der Waals surface area contributed by atoms with Gasteiger partial charge in [-0.25, -0.2) is 0 Å². The third kappa shape index (κ3) is 15.7. The average Bonchev–Trinajstić information content (AvgIpc) is 3.29. The van der Waals surface area contributed by atoms with E-state index < -0.39 is 40.7 Å². The highest BCUT2D eigenvalue weighted by atomic mass is 16.6. The van der Waals surface area contributed by atoms with Crippen molar-refractivity contribution in [1.29, 1.82) is 0 Å². The summed E-state index contributed by atoms with van der Waals surface area (Å²) in [4.78, 5) is 54.0. The number of hydrogen-bond donors (Lipinski definition) is 1. The lowest BCUT2D eigenvalue weighted by Gasteiger charge is -2.44. The van der Waals surface area contributed by atoms with Crippen LogP contribution in [-0.2, 0) is 46.5 Å². The highest BCUT2D eigenvalue weighted by Crippen LogP contribution is 2.29. The number of carbonyl (C=O) groups excluding carboxylic acids is 3. The molecule has 1 saturated carbocycles. The maximum absolute atomic E-state index is 13.2. The Morgan fingerprint density at radius 2 is 1.22 bits per heavy atom. The Balaban J connectivity index is 2.37. The summed E-state index contributed by atoms with van der Waals surface area (Å²) in [7, 11) is 0. The van der Waals surface area contributed by atoms with Crippen molar-refractivity contribution in [3.05, 3.63) is 11.9 Å². The van der Waals surface area contributed by atoms with E-state index in [4.69, 9.17) is 19.3 Å². The number of aromatic nitrogens is 3. The molecule has 0 spiro atoms. The van der Waals surface area contributed by atoms with Crippen LogP contribution in [0.15, 0.2) is 6.20 Å². The number of rotatable bonds is 15. The Hall–Kier alpha value is -3.06. The molecule has 1 heterocycles. The van der Waals surface area contributed by atoms with Gasteiger partial charge in [0.25, 0.3) is 0 Å². The number of aliphatic carboxylic acids is 1. The van der Waals surface area contributed by atoms with Crippen LogP contribution in [0.25, 0.3) is 0 Å². The SMILES string of the molecule is CC(C)(C)OC(=O)CN(CC(=O)OC(C)(C)C)C1CCCCC1N(CC(=O)OC(C)(C)C)Cc1cn(CCCCC(=O)O)nn1. The summed E-state index contributed by atoms with van der Waals surface area (Å²) < 4.78 is 18.6. The number of carboxylic acid groups (broad SMARTS) is 1. The zero-order chi connectivity index (χ0) is 34.0. The molecule has 1 fully saturated rings. The van der Waals surface area contributed by atoms with Crippen molar-refractivity contribution in [1.82, 2.24) is 24.8 Å². The second kappa shape index (κ2) is 16.5. The molecule has 1 aromatic heterocycles. The van der Waals surface area contributed by atoms with Gasteiger partial charge in [-0.2, -0.15) is 0 Å². The first-order valence-electron chi connectivity index (χ1n) is 16.0. The van der Waals surface area contributed by atoms with Crippen LogP contribution < -0.4 is 0 Å². The fourth-order valence-corrected chi connectivity index (χ4v) is 5.42. The molecule has 1 aliphatic rings. The molecular weight excluding hydrogens is 582 g/mol. The molecule has 2 unspecified atom stereocenters. The average molecular weight is 638 g/mol. The molecule has 1 N–H and O–H groups in total. The van der Waals surface area contributed by atoms with Crippen molar-refractivity contribution in [2.45, 2.75) is 149 Å². The summed E-state index contributed by atoms with van der Waals surface area (Å²) in [6, 6.07) is -0.468. The molecule has 0 radical (unpaired) electrons. The zero-order valence-corrected chi connectivity index (χ0v) is 28.8. The molecule has 0 aromatic carbocycles. The number of carboxylic acids is 1. The minimum atomic E-state index is -0.832. The lowest BCUT2D eigenvalue weighted by Crippen LogP contribution is -2.57. The quantitative estimate of drug-likeness (QED) is 0.168. The molecule has 2 rings (SSSR count). The van der Waals surface area contributed by atoms with E-state index in [1.165, 1.54) is 0 Å². The van der Waals surface area contributed by atoms with Crippen LogP contribution in [0.5, 0.6) is 0 Å². The molecule has 2 atom stereocenters. The predicted molar refractivity (Wildman–Crippen MR) is 167 cm³/mol. The number of nitrogens with zero attached hydrogens (tertiary/aromatic N) is 5. The van der Waals surface area contributed by atoms with Gasteiger partial charge in [-0.05, 0) is 88.0 Å². The van der Waals surface area contributed by atoms with Crippen molar-refractivity contribution >= 4 is 23.9 Å². The Bertz CT molecular complexity index is 1100. The number of aryl methyl sites for hydroxylation is 1. The lowest BCUT2D eigenvalue weighted by molar-refractivity contribution is -0.164. The van der Waals surface area contributed by atoms with Crippen LogP contribution in [0, 0.1) is 0 Å². The van der Waals surface area contributed by atoms with E-state index in [1.54, 1.807) is 52.4 Å². The molecule has 0 saturated heterocycles. The van der Waals surface area contributed by atoms with Crippen molar-refractivity contribution in [2.24, 2.45) is 0 Å². The molecule has 1 aromatic rings. The normalized spacial score (nSPS) is 17.8. The van der Waals surface area contributed by atoms with Crippen molar-refractivity contribution in [3.8, 4) is 0 Å². The molecule has 13 heteroatoms. The van der Waals surface area contributed by atoms with Gasteiger partial charge in [0.05, 0.1) is 25.3 Å². The molecule has 13 nitrogen and oxygen atoms in total. The summed E-state index contributed by atoms with van der Waals surface area (Å²) in [6.45, 7) is 16.8. The monoisotopic (exact) mass is 637 g/mol. The second-order valence-corrected chi connectivity index (χ2v) is 14.8. The number of esters is 3. The maximum atomic E-state index is 13.2. The van der Waals surface area contributed by atoms with Crippen LogP contribution in [-0.4, -0.2) is 102 Å². The number of ether oxygens (including phenoxy) is 3. The lowest BCUT2D eigenvalue weighted by atomic mass is 9.87. The van der Waals surface area contributed by atoms with E-state index in [2.05, 4.69) is 10.3 Å². The fraction of sp³-hybridized carbons (Fsp3) is 0.812. The summed E-state index contributed by atoms with van der Waals surface area (Å²) in [6.07, 6.45) is 6.32. The standard InChI is InChI=1S/C32H55N5O8/c1-30(2,3)43-27(40)20-35(18-23-19-37(34-33-23)17-13-12-16-26(38)39)24-14-10-11-15-25(24)36(21-28(41)44-31(4,5)6)22-29(42)45-32(7,8)9/h19,24-25H,10-18,20-22H2,1-9H3,(H,38,39). The van der Waals surface area contributed by atoms with Crippen LogP contribution in [0.2, 0.25) is 0 Å². The second-order valence-electron chi connectivity index (χ2n) is 14.8. The Kier molecular flexibility index (Phi) is 14.0. The first-order valence-corrected chi connectivity index (χ1v) is 16.0. The van der Waals surface area contributed by atoms with E-state index in [-0.39, 0.29) is 38.1 Å². The van der Waals surface area contributed by atoms with E-state index in [0.29, 0.717) is 38.0 Å². The van der Waals surface area contributed by atoms with Gasteiger partial charge in [0.15, 0.2) is 0 Å². The van der Waals surface area contributed by atoms with E-state index in [1.807, 2.05) is 30.6 Å². The largest absolute Gasteiger partial charge is 0.481 e. The van der Waals surface area contributed by atoms with Gasteiger partial charge < -0.3 is 19.3 Å². The zero-order valence-electron chi connectivity index (χ0n) is 28.8. The number of unbranched alkanes of at least 4 members (excludes halogenated alkanes) is 1. The summed E-state index contributed by atoms with van der Waals surface area (Å²) in [5, 5.41) is 17.5. The molecule has 45 heavy (non-hydrogen) atoms. The highest BCUT2D eigenvalue weighted by molar-refractivity contribution is 5.75.